The van der Waals surface area contributed by atoms with E-state index in [9.17, 15) is 4.79 Å². The van der Waals surface area contributed by atoms with E-state index in [1.165, 1.54) is 22.8 Å². The van der Waals surface area contributed by atoms with Crippen LogP contribution in [0.1, 0.15) is 5.76 Å². The summed E-state index contributed by atoms with van der Waals surface area (Å²) in [7, 11) is 0. The minimum Gasteiger partial charge on any atom is -0.487 e. The van der Waals surface area contributed by atoms with Gasteiger partial charge in [-0.2, -0.15) is 15.1 Å². The van der Waals surface area contributed by atoms with Gasteiger partial charge < -0.3 is 9.15 Å². The third-order valence-electron chi connectivity index (χ3n) is 4.66. The Bertz CT molecular complexity index is 1340. The van der Waals surface area contributed by atoms with Crippen LogP contribution in [-0.4, -0.2) is 33.6 Å². The van der Waals surface area contributed by atoms with Crippen LogP contribution in [0.4, 0.5) is 0 Å². The van der Waals surface area contributed by atoms with E-state index in [1.807, 2.05) is 30.3 Å². The summed E-state index contributed by atoms with van der Waals surface area (Å²) < 4.78 is 11.5. The Balaban J connectivity index is 1.35. The zero-order chi connectivity index (χ0) is 22.9. The highest BCUT2D eigenvalue weighted by Crippen LogP contribution is 2.31. The summed E-state index contributed by atoms with van der Waals surface area (Å²) in [6.07, 6.45) is 1.47. The molecular formula is C23H14Cl2N4O3S. The van der Waals surface area contributed by atoms with Crippen LogP contribution in [0.5, 0.6) is 5.75 Å². The molecule has 10 heteroatoms. The molecule has 0 aliphatic carbocycles. The lowest BCUT2D eigenvalue weighted by atomic mass is 10.1. The molecule has 0 radical (unpaired) electrons. The van der Waals surface area contributed by atoms with Crippen molar-refractivity contribution < 1.29 is 13.9 Å². The van der Waals surface area contributed by atoms with Gasteiger partial charge in [0, 0.05) is 15.6 Å². The van der Waals surface area contributed by atoms with Crippen molar-refractivity contribution in [3.05, 3.63) is 82.0 Å². The van der Waals surface area contributed by atoms with Gasteiger partial charge in [0.2, 0.25) is 5.17 Å². The number of amides is 1. The number of amidine groups is 2. The average molecular weight is 497 g/mol. The predicted octanol–water partition coefficient (Wildman–Crippen LogP) is 5.95. The van der Waals surface area contributed by atoms with Crippen LogP contribution in [-0.2, 0) is 4.79 Å². The van der Waals surface area contributed by atoms with Crippen molar-refractivity contribution in [3.8, 4) is 17.1 Å². The maximum absolute atomic E-state index is 12.6. The Morgan fingerprint density at radius 2 is 1.85 bits per heavy atom. The van der Waals surface area contributed by atoms with Crippen LogP contribution < -0.4 is 4.74 Å². The van der Waals surface area contributed by atoms with Crippen molar-refractivity contribution in [1.29, 1.82) is 5.41 Å². The van der Waals surface area contributed by atoms with Gasteiger partial charge in [0.05, 0.1) is 5.57 Å². The number of halogens is 2. The topological polar surface area (TPSA) is 91.2 Å². The van der Waals surface area contributed by atoms with Crippen molar-refractivity contribution in [2.45, 2.75) is 0 Å². The Morgan fingerprint density at radius 3 is 2.61 bits per heavy atom. The van der Waals surface area contributed by atoms with Gasteiger partial charge in [-0.05, 0) is 60.3 Å². The minimum absolute atomic E-state index is 0.0679. The quantitative estimate of drug-likeness (QED) is 0.440. The van der Waals surface area contributed by atoms with Gasteiger partial charge in [0.15, 0.2) is 5.84 Å². The van der Waals surface area contributed by atoms with E-state index in [4.69, 9.17) is 37.8 Å². The van der Waals surface area contributed by atoms with Crippen molar-refractivity contribution in [2.24, 2.45) is 10.1 Å². The van der Waals surface area contributed by atoms with E-state index < -0.39 is 5.91 Å². The van der Waals surface area contributed by atoms with Gasteiger partial charge in [-0.3, -0.25) is 10.2 Å². The zero-order valence-corrected chi connectivity index (χ0v) is 19.1. The van der Waals surface area contributed by atoms with Crippen LogP contribution in [0.25, 0.3) is 17.4 Å². The molecule has 1 N–H and O–H groups in total. The number of para-hydroxylation sites is 1. The highest BCUT2D eigenvalue weighted by molar-refractivity contribution is 8.27. The van der Waals surface area contributed by atoms with Crippen LogP contribution in [0, 0.1) is 5.41 Å². The molecule has 2 aliphatic heterocycles. The molecule has 0 spiro atoms. The van der Waals surface area contributed by atoms with Gasteiger partial charge in [-0.25, -0.2) is 0 Å². The fourth-order valence-corrected chi connectivity index (χ4v) is 4.50. The summed E-state index contributed by atoms with van der Waals surface area (Å²) in [4.78, 5) is 16.7. The number of nitrogens with zero attached hydrogens (tertiary/aromatic N) is 3. The molecule has 1 aromatic heterocycles. The van der Waals surface area contributed by atoms with Gasteiger partial charge in [-0.1, -0.05) is 41.4 Å². The van der Waals surface area contributed by atoms with Gasteiger partial charge in [-0.15, -0.1) is 0 Å². The molecule has 2 aromatic carbocycles. The van der Waals surface area contributed by atoms with Crippen LogP contribution in [0.2, 0.25) is 10.0 Å². The number of fused-ring (bicyclic) bond motifs is 1. The first kappa shape index (κ1) is 21.5. The molecule has 0 bridgehead atoms. The van der Waals surface area contributed by atoms with Crippen molar-refractivity contribution >= 4 is 63.0 Å². The molecule has 3 heterocycles. The lowest BCUT2D eigenvalue weighted by Gasteiger charge is -2.19. The first-order valence-corrected chi connectivity index (χ1v) is 11.3. The standard InChI is InChI=1S/C23H14Cl2N4O3S/c24-14-8-13(9-15(25)10-14)19-7-6-17(32-19)11-18-21(26)29-23(27-22(18)30)33-20(28-29)12-31-16-4-2-1-3-5-16/h1-11,26H,12H2/b18-11+,26-21?. The first-order valence-electron chi connectivity index (χ1n) is 9.69. The highest BCUT2D eigenvalue weighted by Gasteiger charge is 2.36. The number of carbonyl (C=O) groups is 1. The fourth-order valence-electron chi connectivity index (χ4n) is 3.18. The number of rotatable bonds is 5. The third kappa shape index (κ3) is 4.59. The molecule has 33 heavy (non-hydrogen) atoms. The normalized spacial score (nSPS) is 16.7. The fraction of sp³-hybridized carbons (Fsp3) is 0.0435. The maximum atomic E-state index is 12.6. The molecule has 2 aliphatic rings. The summed E-state index contributed by atoms with van der Waals surface area (Å²) in [6, 6.07) is 17.8. The Labute approximate surface area is 202 Å². The summed E-state index contributed by atoms with van der Waals surface area (Å²) in [6.45, 7) is 0.203. The molecular weight excluding hydrogens is 483 g/mol. The number of aliphatic imine (C=N–C) groups is 1. The number of nitrogens with one attached hydrogen (secondary N) is 1. The second-order valence-electron chi connectivity index (χ2n) is 6.98. The molecule has 0 saturated carbocycles. The van der Waals surface area contributed by atoms with E-state index in [0.29, 0.717) is 43.1 Å². The van der Waals surface area contributed by atoms with E-state index >= 15 is 0 Å². The van der Waals surface area contributed by atoms with Crippen LogP contribution in [0.3, 0.4) is 0 Å². The summed E-state index contributed by atoms with van der Waals surface area (Å²) >= 11 is 13.3. The van der Waals surface area contributed by atoms with Crippen molar-refractivity contribution in [3.63, 3.8) is 0 Å². The molecule has 0 saturated heterocycles. The predicted molar refractivity (Wildman–Crippen MR) is 131 cm³/mol. The molecule has 5 rings (SSSR count). The van der Waals surface area contributed by atoms with Crippen molar-refractivity contribution in [1.82, 2.24) is 5.01 Å². The largest absolute Gasteiger partial charge is 0.487 e. The smallest absolute Gasteiger partial charge is 0.283 e. The van der Waals surface area contributed by atoms with E-state index in [0.717, 1.165) is 0 Å². The lowest BCUT2D eigenvalue weighted by Crippen LogP contribution is -2.35. The van der Waals surface area contributed by atoms with E-state index in [1.54, 1.807) is 30.3 Å². The molecule has 0 atom stereocenters. The molecule has 0 fully saturated rings. The lowest BCUT2D eigenvalue weighted by molar-refractivity contribution is -0.114. The molecule has 0 unspecified atom stereocenters. The molecule has 164 valence electrons. The van der Waals surface area contributed by atoms with Gasteiger partial charge in [0.25, 0.3) is 5.91 Å². The summed E-state index contributed by atoms with van der Waals surface area (Å²) in [5.74, 6) is 0.990. The Morgan fingerprint density at radius 1 is 1.09 bits per heavy atom. The van der Waals surface area contributed by atoms with E-state index in [-0.39, 0.29) is 18.0 Å². The molecule has 3 aromatic rings. The summed E-state index contributed by atoms with van der Waals surface area (Å²) in [5.41, 5.74) is 0.768. The number of hydrazone groups is 1. The van der Waals surface area contributed by atoms with E-state index in [2.05, 4.69) is 10.1 Å². The van der Waals surface area contributed by atoms with Gasteiger partial charge >= 0.3 is 0 Å². The van der Waals surface area contributed by atoms with Crippen LogP contribution in [0.15, 0.2) is 80.7 Å². The number of hydrogen-bond donors (Lipinski definition) is 1. The number of furan rings is 1. The van der Waals surface area contributed by atoms with Crippen LogP contribution >= 0.6 is 35.0 Å². The monoisotopic (exact) mass is 496 g/mol. The molecule has 7 nitrogen and oxygen atoms in total. The summed E-state index contributed by atoms with van der Waals surface area (Å²) in [5, 5.41) is 16.1. The SMILES string of the molecule is N=C1/C(=C\c2ccc(-c3cc(Cl)cc(Cl)c3)o2)C(=O)N=C2SC(COc3ccccc3)=NN12. The second kappa shape index (κ2) is 8.90. The van der Waals surface area contributed by atoms with Gasteiger partial charge in [0.1, 0.15) is 28.9 Å². The first-order chi connectivity index (χ1) is 16.0. The highest BCUT2D eigenvalue weighted by atomic mass is 35.5. The number of hydrogen-bond acceptors (Lipinski definition) is 6. The Hall–Kier alpha value is -3.33. The number of thioether (sulfide) groups is 1. The van der Waals surface area contributed by atoms with Crippen molar-refractivity contribution in [2.75, 3.05) is 6.61 Å². The maximum Gasteiger partial charge on any atom is 0.283 e. The number of carbonyl (C=O) groups excluding carboxylic acids is 1. The number of ether oxygens (including phenoxy) is 1. The number of benzene rings is 2. The third-order valence-corrected chi connectivity index (χ3v) is 5.98. The minimum atomic E-state index is -0.539. The zero-order valence-electron chi connectivity index (χ0n) is 16.8. The second-order valence-corrected chi connectivity index (χ2v) is 8.89. The molecule has 1 amide bonds. The Kier molecular flexibility index (Phi) is 5.80. The average Bonchev–Trinajstić information content (AvgIpc) is 3.42.